The summed E-state index contributed by atoms with van der Waals surface area (Å²) in [7, 11) is 1.76. The van der Waals surface area contributed by atoms with E-state index in [9.17, 15) is 0 Å². The standard InChI is InChI=1S/C17H26N2O/c1-20-17-10-6-5-9-16(17)19-12-11-18-15(13-19)14-7-3-2-4-8-14/h5-6,9-10,14-15,18H,2-4,7-8,11-13H2,1H3. The molecule has 1 unspecified atom stereocenters. The minimum Gasteiger partial charge on any atom is -0.495 e. The molecule has 1 atom stereocenters. The van der Waals surface area contributed by atoms with Gasteiger partial charge in [-0.25, -0.2) is 0 Å². The van der Waals surface area contributed by atoms with Crippen LogP contribution in [0, 0.1) is 5.92 Å². The second kappa shape index (κ2) is 6.49. The van der Waals surface area contributed by atoms with Gasteiger partial charge in [0.25, 0.3) is 0 Å². The Morgan fingerprint density at radius 1 is 1.15 bits per heavy atom. The lowest BCUT2D eigenvalue weighted by Gasteiger charge is -2.40. The van der Waals surface area contributed by atoms with Gasteiger partial charge in [-0.15, -0.1) is 0 Å². The number of methoxy groups -OCH3 is 1. The average Bonchev–Trinajstić information content (AvgIpc) is 2.56. The van der Waals surface area contributed by atoms with E-state index in [-0.39, 0.29) is 0 Å². The van der Waals surface area contributed by atoms with Gasteiger partial charge < -0.3 is 15.0 Å². The first-order valence-corrected chi connectivity index (χ1v) is 8.00. The minimum absolute atomic E-state index is 0.647. The summed E-state index contributed by atoms with van der Waals surface area (Å²) in [5.41, 5.74) is 1.25. The highest BCUT2D eigenvalue weighted by molar-refractivity contribution is 5.58. The van der Waals surface area contributed by atoms with Crippen molar-refractivity contribution in [3.8, 4) is 5.75 Å². The van der Waals surface area contributed by atoms with E-state index in [1.54, 1.807) is 7.11 Å². The van der Waals surface area contributed by atoms with Gasteiger partial charge in [-0.1, -0.05) is 31.4 Å². The molecule has 1 aliphatic heterocycles. The van der Waals surface area contributed by atoms with Crippen molar-refractivity contribution in [2.45, 2.75) is 38.1 Å². The van der Waals surface area contributed by atoms with E-state index < -0.39 is 0 Å². The fourth-order valence-corrected chi connectivity index (χ4v) is 3.74. The number of hydrogen-bond donors (Lipinski definition) is 1. The fourth-order valence-electron chi connectivity index (χ4n) is 3.74. The fraction of sp³-hybridized carbons (Fsp3) is 0.647. The van der Waals surface area contributed by atoms with Crippen LogP contribution >= 0.6 is 0 Å². The highest BCUT2D eigenvalue weighted by Crippen LogP contribution is 2.32. The van der Waals surface area contributed by atoms with Gasteiger partial charge in [0.05, 0.1) is 12.8 Å². The molecular formula is C17H26N2O. The summed E-state index contributed by atoms with van der Waals surface area (Å²) in [6.07, 6.45) is 7.06. The molecular weight excluding hydrogens is 248 g/mol. The summed E-state index contributed by atoms with van der Waals surface area (Å²) in [6, 6.07) is 9.04. The maximum absolute atomic E-state index is 5.52. The largest absolute Gasteiger partial charge is 0.495 e. The molecule has 1 heterocycles. The highest BCUT2D eigenvalue weighted by Gasteiger charge is 2.28. The Balaban J connectivity index is 1.71. The lowest BCUT2D eigenvalue weighted by molar-refractivity contribution is 0.256. The lowest BCUT2D eigenvalue weighted by atomic mass is 9.83. The van der Waals surface area contributed by atoms with Gasteiger partial charge in [0.2, 0.25) is 0 Å². The van der Waals surface area contributed by atoms with Crippen molar-refractivity contribution in [1.82, 2.24) is 5.32 Å². The Morgan fingerprint density at radius 2 is 1.95 bits per heavy atom. The highest BCUT2D eigenvalue weighted by atomic mass is 16.5. The third kappa shape index (κ3) is 2.93. The van der Waals surface area contributed by atoms with Crippen LogP contribution in [0.2, 0.25) is 0 Å². The molecule has 1 aliphatic carbocycles. The van der Waals surface area contributed by atoms with E-state index >= 15 is 0 Å². The van der Waals surface area contributed by atoms with Gasteiger partial charge in [0.1, 0.15) is 5.75 Å². The Bertz CT molecular complexity index is 429. The minimum atomic E-state index is 0.647. The third-order valence-corrected chi connectivity index (χ3v) is 4.85. The number of piperazine rings is 1. The van der Waals surface area contributed by atoms with Crippen molar-refractivity contribution in [2.75, 3.05) is 31.6 Å². The molecule has 0 aromatic heterocycles. The Kier molecular flexibility index (Phi) is 4.46. The van der Waals surface area contributed by atoms with Crippen molar-refractivity contribution in [3.05, 3.63) is 24.3 Å². The molecule has 3 nitrogen and oxygen atoms in total. The average molecular weight is 274 g/mol. The zero-order valence-electron chi connectivity index (χ0n) is 12.5. The molecule has 1 saturated heterocycles. The number of ether oxygens (including phenoxy) is 1. The van der Waals surface area contributed by atoms with Crippen molar-refractivity contribution in [3.63, 3.8) is 0 Å². The van der Waals surface area contributed by atoms with Crippen molar-refractivity contribution in [1.29, 1.82) is 0 Å². The normalized spacial score (nSPS) is 24.6. The van der Waals surface area contributed by atoms with E-state index in [1.807, 2.05) is 6.07 Å². The molecule has 110 valence electrons. The number of benzene rings is 1. The molecule has 1 saturated carbocycles. The molecule has 20 heavy (non-hydrogen) atoms. The molecule has 1 aromatic rings. The molecule has 0 spiro atoms. The molecule has 0 radical (unpaired) electrons. The number of nitrogens with zero attached hydrogens (tertiary/aromatic N) is 1. The first kappa shape index (κ1) is 13.7. The molecule has 2 fully saturated rings. The zero-order valence-corrected chi connectivity index (χ0v) is 12.5. The molecule has 3 heteroatoms. The Morgan fingerprint density at radius 3 is 2.75 bits per heavy atom. The zero-order chi connectivity index (χ0) is 13.8. The lowest BCUT2D eigenvalue weighted by Crippen LogP contribution is -2.54. The van der Waals surface area contributed by atoms with E-state index in [2.05, 4.69) is 28.4 Å². The molecule has 0 amide bonds. The van der Waals surface area contributed by atoms with Crippen LogP contribution in [-0.2, 0) is 0 Å². The van der Waals surface area contributed by atoms with Crippen LogP contribution in [0.3, 0.4) is 0 Å². The molecule has 0 bridgehead atoms. The van der Waals surface area contributed by atoms with Gasteiger partial charge in [-0.3, -0.25) is 0 Å². The quantitative estimate of drug-likeness (QED) is 0.917. The number of para-hydroxylation sites is 2. The van der Waals surface area contributed by atoms with Crippen molar-refractivity contribution < 1.29 is 4.74 Å². The van der Waals surface area contributed by atoms with Gasteiger partial charge in [0.15, 0.2) is 0 Å². The second-order valence-corrected chi connectivity index (χ2v) is 6.08. The topological polar surface area (TPSA) is 24.5 Å². The summed E-state index contributed by atoms with van der Waals surface area (Å²) < 4.78 is 5.52. The summed E-state index contributed by atoms with van der Waals surface area (Å²) >= 11 is 0. The van der Waals surface area contributed by atoms with Gasteiger partial charge in [-0.2, -0.15) is 0 Å². The van der Waals surface area contributed by atoms with Gasteiger partial charge in [-0.05, 0) is 30.9 Å². The van der Waals surface area contributed by atoms with Gasteiger partial charge >= 0.3 is 0 Å². The first-order chi connectivity index (χ1) is 9.88. The monoisotopic (exact) mass is 274 g/mol. The predicted molar refractivity (Wildman–Crippen MR) is 83.6 cm³/mol. The van der Waals surface area contributed by atoms with E-state index in [0.717, 1.165) is 31.3 Å². The SMILES string of the molecule is COc1ccccc1N1CCNC(C2CCCCC2)C1. The third-order valence-electron chi connectivity index (χ3n) is 4.85. The smallest absolute Gasteiger partial charge is 0.142 e. The number of rotatable bonds is 3. The Labute approximate surface area is 122 Å². The molecule has 1 N–H and O–H groups in total. The van der Waals surface area contributed by atoms with Crippen molar-refractivity contribution >= 4 is 5.69 Å². The van der Waals surface area contributed by atoms with Crippen LogP contribution in [-0.4, -0.2) is 32.8 Å². The maximum atomic E-state index is 5.52. The molecule has 1 aromatic carbocycles. The van der Waals surface area contributed by atoms with Crippen LogP contribution in [0.15, 0.2) is 24.3 Å². The summed E-state index contributed by atoms with van der Waals surface area (Å²) in [5, 5.41) is 3.74. The van der Waals surface area contributed by atoms with E-state index in [4.69, 9.17) is 4.74 Å². The number of hydrogen-bond acceptors (Lipinski definition) is 3. The van der Waals surface area contributed by atoms with Crippen LogP contribution < -0.4 is 15.0 Å². The van der Waals surface area contributed by atoms with Crippen LogP contribution in [0.4, 0.5) is 5.69 Å². The summed E-state index contributed by atoms with van der Waals surface area (Å²) in [4.78, 5) is 2.49. The molecule has 3 rings (SSSR count). The Hall–Kier alpha value is -1.22. The van der Waals surface area contributed by atoms with Crippen molar-refractivity contribution in [2.24, 2.45) is 5.92 Å². The van der Waals surface area contributed by atoms with Crippen LogP contribution in [0.5, 0.6) is 5.75 Å². The number of anilines is 1. The van der Waals surface area contributed by atoms with Crippen LogP contribution in [0.1, 0.15) is 32.1 Å². The van der Waals surface area contributed by atoms with E-state index in [1.165, 1.54) is 37.8 Å². The first-order valence-electron chi connectivity index (χ1n) is 8.00. The van der Waals surface area contributed by atoms with E-state index in [0.29, 0.717) is 6.04 Å². The van der Waals surface area contributed by atoms with Crippen LogP contribution in [0.25, 0.3) is 0 Å². The summed E-state index contributed by atoms with van der Waals surface area (Å²) in [6.45, 7) is 3.27. The number of nitrogens with one attached hydrogen (secondary N) is 1. The molecule has 2 aliphatic rings. The van der Waals surface area contributed by atoms with Gasteiger partial charge in [0, 0.05) is 25.7 Å². The predicted octanol–water partition coefficient (Wildman–Crippen LogP) is 3.05. The second-order valence-electron chi connectivity index (χ2n) is 6.08. The summed E-state index contributed by atoms with van der Waals surface area (Å²) in [5.74, 6) is 1.86. The maximum Gasteiger partial charge on any atom is 0.142 e.